The van der Waals surface area contributed by atoms with Crippen LogP contribution in [0, 0.1) is 0 Å². The van der Waals surface area contributed by atoms with Crippen LogP contribution in [0.2, 0.25) is 0 Å². The summed E-state index contributed by atoms with van der Waals surface area (Å²) in [5.41, 5.74) is 6.25. The van der Waals surface area contributed by atoms with Gasteiger partial charge in [0.2, 0.25) is 0 Å². The second-order valence-corrected chi connectivity index (χ2v) is 7.10. The van der Waals surface area contributed by atoms with Crippen molar-refractivity contribution >= 4 is 11.9 Å². The van der Waals surface area contributed by atoms with Gasteiger partial charge < -0.3 is 10.8 Å². The Labute approximate surface area is 126 Å². The van der Waals surface area contributed by atoms with Gasteiger partial charge in [0, 0.05) is 11.1 Å². The molecule has 0 fully saturated rings. The van der Waals surface area contributed by atoms with Crippen molar-refractivity contribution in [1.82, 2.24) is 5.32 Å². The van der Waals surface area contributed by atoms with E-state index in [-0.39, 0.29) is 28.6 Å². The first-order valence-corrected chi connectivity index (χ1v) is 6.90. The maximum atomic E-state index is 12.2. The Hall–Kier alpha value is -2.04. The number of nitrogens with two attached hydrogens (primary N) is 1. The molecule has 0 bridgehead atoms. The maximum absolute atomic E-state index is 12.2. The van der Waals surface area contributed by atoms with Crippen LogP contribution in [-0.2, 0) is 5.41 Å². The molecule has 0 saturated heterocycles. The highest BCUT2D eigenvalue weighted by Gasteiger charge is 2.20. The normalized spacial score (nSPS) is 13.1. The van der Waals surface area contributed by atoms with Crippen molar-refractivity contribution in [2.45, 2.75) is 52.5 Å². The number of phenolic OH excluding ortho intramolecular Hbond substituents is 1. The van der Waals surface area contributed by atoms with Gasteiger partial charge in [0.05, 0.1) is 5.54 Å². The number of aromatic hydroxyl groups is 1. The monoisotopic (exact) mass is 291 g/mol. The first-order valence-electron chi connectivity index (χ1n) is 6.90. The largest absolute Gasteiger partial charge is 0.508 e. The number of hydrogen-bond donors (Lipinski definition) is 3. The van der Waals surface area contributed by atoms with Crippen LogP contribution in [0.1, 0.15) is 57.5 Å². The van der Waals surface area contributed by atoms with Crippen molar-refractivity contribution in [3.05, 3.63) is 29.3 Å². The molecule has 0 spiro atoms. The number of rotatable bonds is 1. The molecular weight excluding hydrogens is 266 g/mol. The number of amides is 1. The Morgan fingerprint density at radius 2 is 1.76 bits per heavy atom. The van der Waals surface area contributed by atoms with Crippen molar-refractivity contribution in [3.8, 4) is 5.75 Å². The third-order valence-electron chi connectivity index (χ3n) is 2.76. The van der Waals surface area contributed by atoms with Gasteiger partial charge in [-0.15, -0.1) is 0 Å². The van der Waals surface area contributed by atoms with Crippen molar-refractivity contribution in [2.24, 2.45) is 10.7 Å². The van der Waals surface area contributed by atoms with Gasteiger partial charge in [-0.05, 0) is 44.4 Å². The molecular formula is C16H25N3O2. The van der Waals surface area contributed by atoms with E-state index in [1.807, 2.05) is 41.5 Å². The smallest absolute Gasteiger partial charge is 0.257 e. The lowest BCUT2D eigenvalue weighted by molar-refractivity contribution is 0.0976. The van der Waals surface area contributed by atoms with Gasteiger partial charge in [0.15, 0.2) is 5.96 Å². The van der Waals surface area contributed by atoms with Gasteiger partial charge in [0.1, 0.15) is 5.75 Å². The lowest BCUT2D eigenvalue weighted by Crippen LogP contribution is -2.38. The number of carbonyl (C=O) groups is 1. The first kappa shape index (κ1) is 17.0. The highest BCUT2D eigenvalue weighted by molar-refractivity contribution is 6.05. The zero-order valence-corrected chi connectivity index (χ0v) is 13.6. The highest BCUT2D eigenvalue weighted by Crippen LogP contribution is 2.31. The van der Waals surface area contributed by atoms with Gasteiger partial charge in [-0.3, -0.25) is 10.1 Å². The summed E-state index contributed by atoms with van der Waals surface area (Å²) in [6.07, 6.45) is 0. The van der Waals surface area contributed by atoms with E-state index in [1.54, 1.807) is 12.1 Å². The Balaban J connectivity index is 3.02. The SMILES string of the molecule is CC(C)(C)N=C(N)NC(=O)c1ccc(O)c(C(C)(C)C)c1. The van der Waals surface area contributed by atoms with Crippen molar-refractivity contribution in [2.75, 3.05) is 0 Å². The van der Waals surface area contributed by atoms with Crippen molar-refractivity contribution < 1.29 is 9.90 Å². The minimum atomic E-state index is -0.358. The van der Waals surface area contributed by atoms with E-state index in [9.17, 15) is 9.90 Å². The van der Waals surface area contributed by atoms with Crippen molar-refractivity contribution in [3.63, 3.8) is 0 Å². The Bertz CT molecular complexity index is 564. The molecule has 1 aromatic carbocycles. The van der Waals surface area contributed by atoms with Gasteiger partial charge in [-0.25, -0.2) is 4.99 Å². The van der Waals surface area contributed by atoms with Gasteiger partial charge >= 0.3 is 0 Å². The highest BCUT2D eigenvalue weighted by atomic mass is 16.3. The number of guanidine groups is 1. The van der Waals surface area contributed by atoms with Crippen molar-refractivity contribution in [1.29, 1.82) is 0 Å². The number of benzene rings is 1. The number of nitrogens with zero attached hydrogens (tertiary/aromatic N) is 1. The average Bonchev–Trinajstić information content (AvgIpc) is 2.24. The zero-order valence-electron chi connectivity index (χ0n) is 13.6. The molecule has 21 heavy (non-hydrogen) atoms. The molecule has 1 rings (SSSR count). The molecule has 0 aliphatic heterocycles. The molecule has 5 heteroatoms. The number of aliphatic imine (C=N–C) groups is 1. The summed E-state index contributed by atoms with van der Waals surface area (Å²) in [7, 11) is 0. The van der Waals surface area contributed by atoms with Gasteiger partial charge in [0.25, 0.3) is 5.91 Å². The molecule has 0 unspecified atom stereocenters. The van der Waals surface area contributed by atoms with E-state index in [4.69, 9.17) is 5.73 Å². The maximum Gasteiger partial charge on any atom is 0.257 e. The Morgan fingerprint density at radius 3 is 2.24 bits per heavy atom. The summed E-state index contributed by atoms with van der Waals surface area (Å²) in [4.78, 5) is 16.4. The summed E-state index contributed by atoms with van der Waals surface area (Å²) in [6, 6.07) is 4.76. The topological polar surface area (TPSA) is 87.7 Å². The molecule has 0 aliphatic carbocycles. The summed E-state index contributed by atoms with van der Waals surface area (Å²) in [6.45, 7) is 11.6. The first-order chi connectivity index (χ1) is 9.40. The van der Waals surface area contributed by atoms with E-state index in [0.29, 0.717) is 11.1 Å². The number of carbonyl (C=O) groups excluding carboxylic acids is 1. The summed E-state index contributed by atoms with van der Waals surface area (Å²) in [5.74, 6) is -0.0840. The van der Waals surface area contributed by atoms with E-state index < -0.39 is 0 Å². The fourth-order valence-corrected chi connectivity index (χ4v) is 1.86. The molecule has 0 aromatic heterocycles. The van der Waals surface area contributed by atoms with Crippen LogP contribution >= 0.6 is 0 Å². The summed E-state index contributed by atoms with van der Waals surface area (Å²) < 4.78 is 0. The lowest BCUT2D eigenvalue weighted by Gasteiger charge is -2.21. The second-order valence-electron chi connectivity index (χ2n) is 7.10. The predicted molar refractivity (Wildman–Crippen MR) is 85.6 cm³/mol. The van der Waals surface area contributed by atoms with E-state index in [2.05, 4.69) is 10.3 Å². The van der Waals surface area contributed by atoms with Crippen LogP contribution in [0.4, 0.5) is 0 Å². The quantitative estimate of drug-likeness (QED) is 0.549. The van der Waals surface area contributed by atoms with Crippen LogP contribution in [0.5, 0.6) is 5.75 Å². The number of nitrogens with one attached hydrogen (secondary N) is 1. The third-order valence-corrected chi connectivity index (χ3v) is 2.76. The van der Waals surface area contributed by atoms with Crippen LogP contribution in [0.15, 0.2) is 23.2 Å². The number of hydrogen-bond acceptors (Lipinski definition) is 3. The fraction of sp³-hybridized carbons (Fsp3) is 0.500. The molecule has 0 saturated carbocycles. The third kappa shape index (κ3) is 5.10. The standard InChI is InChI=1S/C16H25N3O2/c1-15(2,3)11-9-10(7-8-12(11)20)13(21)18-14(17)19-16(4,5)6/h7-9,20H,1-6H3,(H3,17,18,19,21). The molecule has 0 aliphatic rings. The molecule has 116 valence electrons. The number of phenols is 1. The molecule has 4 N–H and O–H groups in total. The van der Waals surface area contributed by atoms with Crippen LogP contribution in [0.3, 0.4) is 0 Å². The molecule has 5 nitrogen and oxygen atoms in total. The molecule has 0 atom stereocenters. The Kier molecular flexibility index (Phi) is 4.66. The van der Waals surface area contributed by atoms with Crippen LogP contribution in [0.25, 0.3) is 0 Å². The lowest BCUT2D eigenvalue weighted by atomic mass is 9.85. The summed E-state index contributed by atoms with van der Waals surface area (Å²) >= 11 is 0. The fourth-order valence-electron chi connectivity index (χ4n) is 1.86. The molecule has 1 aromatic rings. The van der Waals surface area contributed by atoms with E-state index >= 15 is 0 Å². The summed E-state index contributed by atoms with van der Waals surface area (Å²) in [5, 5.41) is 12.5. The average molecular weight is 291 g/mol. The van der Waals surface area contributed by atoms with E-state index in [1.165, 1.54) is 6.07 Å². The zero-order chi connectivity index (χ0) is 16.4. The van der Waals surface area contributed by atoms with Gasteiger partial charge in [-0.1, -0.05) is 20.8 Å². The molecule has 1 amide bonds. The molecule has 0 heterocycles. The minimum absolute atomic E-state index is 0.0814. The minimum Gasteiger partial charge on any atom is -0.508 e. The van der Waals surface area contributed by atoms with Crippen LogP contribution in [-0.4, -0.2) is 22.5 Å². The van der Waals surface area contributed by atoms with E-state index in [0.717, 1.165) is 0 Å². The Morgan fingerprint density at radius 1 is 1.19 bits per heavy atom. The predicted octanol–water partition coefficient (Wildman–Crippen LogP) is 2.53. The van der Waals surface area contributed by atoms with Crippen LogP contribution < -0.4 is 11.1 Å². The van der Waals surface area contributed by atoms with Gasteiger partial charge in [-0.2, -0.15) is 0 Å². The second kappa shape index (κ2) is 5.76. The molecule has 0 radical (unpaired) electrons.